The van der Waals surface area contributed by atoms with Gasteiger partial charge in [-0.2, -0.15) is 0 Å². The van der Waals surface area contributed by atoms with Crippen LogP contribution in [0.4, 0.5) is 4.79 Å². The number of primary amides is 1. The van der Waals surface area contributed by atoms with Crippen LogP contribution >= 0.6 is 22.6 Å². The molecule has 0 spiro atoms. The monoisotopic (exact) mass is 281 g/mol. The summed E-state index contributed by atoms with van der Waals surface area (Å²) in [6, 6.07) is 0. The lowest BCUT2D eigenvalue weighted by Crippen LogP contribution is -2.22. The predicted molar refractivity (Wildman–Crippen MR) is 56.0 cm³/mol. The van der Waals surface area contributed by atoms with E-state index in [-0.39, 0.29) is 5.92 Å². The Balaban J connectivity index is 3.80. The van der Waals surface area contributed by atoms with E-state index in [1.165, 1.54) is 0 Å². The molecule has 2 atom stereocenters. The number of alkyl halides is 1. The van der Waals surface area contributed by atoms with Crippen LogP contribution in [0.1, 0.15) is 13.3 Å². The van der Waals surface area contributed by atoms with Gasteiger partial charge in [0, 0.05) is 16.3 Å². The van der Waals surface area contributed by atoms with Crippen molar-refractivity contribution < 1.29 is 9.53 Å². The zero-order valence-corrected chi connectivity index (χ0v) is 9.08. The van der Waals surface area contributed by atoms with Crippen molar-refractivity contribution in [1.82, 2.24) is 0 Å². The van der Waals surface area contributed by atoms with Gasteiger partial charge in [-0.1, -0.05) is 29.5 Å². The lowest BCUT2D eigenvalue weighted by molar-refractivity contribution is 0.138. The van der Waals surface area contributed by atoms with Crippen LogP contribution in [0.2, 0.25) is 0 Å². The Morgan fingerprint density at radius 3 is 2.75 bits per heavy atom. The molecule has 0 aromatic carbocycles. The summed E-state index contributed by atoms with van der Waals surface area (Å²) in [4.78, 5) is 10.3. The first-order chi connectivity index (χ1) is 5.57. The van der Waals surface area contributed by atoms with Gasteiger partial charge in [-0.3, -0.25) is 0 Å². The summed E-state index contributed by atoms with van der Waals surface area (Å²) in [5.41, 5.74) is 4.82. The van der Waals surface area contributed by atoms with Crippen molar-refractivity contribution in [1.29, 1.82) is 0 Å². The number of carbonyl (C=O) groups excluding carboxylic acids is 1. The number of ether oxygens (including phenoxy) is 1. The van der Waals surface area contributed by atoms with Crippen molar-refractivity contribution in [2.24, 2.45) is 11.7 Å². The highest BCUT2D eigenvalue weighted by atomic mass is 127. The molecule has 0 bridgehead atoms. The van der Waals surface area contributed by atoms with E-state index in [2.05, 4.69) is 33.2 Å². The topological polar surface area (TPSA) is 52.3 Å². The van der Waals surface area contributed by atoms with E-state index < -0.39 is 6.09 Å². The second-order valence-electron chi connectivity index (χ2n) is 2.48. The first-order valence-corrected chi connectivity index (χ1v) is 4.82. The minimum atomic E-state index is -0.742. The smallest absolute Gasteiger partial charge is 0.404 e. The Morgan fingerprint density at radius 1 is 1.83 bits per heavy atom. The Hall–Kier alpha value is -0.440. The molecule has 2 unspecified atom stereocenters. The number of hydrogen-bond acceptors (Lipinski definition) is 2. The van der Waals surface area contributed by atoms with Gasteiger partial charge in [-0.25, -0.2) is 4.79 Å². The fraction of sp³-hybridized carbons (Fsp3) is 0.625. The summed E-state index contributed by atoms with van der Waals surface area (Å²) in [5.74, 6) is 2.73. The van der Waals surface area contributed by atoms with E-state index >= 15 is 0 Å². The highest BCUT2D eigenvalue weighted by molar-refractivity contribution is 14.1. The molecule has 0 fully saturated rings. The molecule has 0 aromatic heterocycles. The largest absolute Gasteiger partial charge is 0.449 e. The average Bonchev–Trinajstić information content (AvgIpc) is 1.96. The molecule has 0 aliphatic heterocycles. The van der Waals surface area contributed by atoms with Gasteiger partial charge in [0.05, 0.1) is 6.61 Å². The van der Waals surface area contributed by atoms with Crippen molar-refractivity contribution in [2.75, 3.05) is 6.61 Å². The lowest BCUT2D eigenvalue weighted by Gasteiger charge is -2.15. The third kappa shape index (κ3) is 5.24. The summed E-state index contributed by atoms with van der Waals surface area (Å²) >= 11 is 2.25. The highest BCUT2D eigenvalue weighted by Gasteiger charge is 2.14. The lowest BCUT2D eigenvalue weighted by atomic mass is 10.0. The molecule has 0 radical (unpaired) electrons. The van der Waals surface area contributed by atoms with Gasteiger partial charge >= 0.3 is 6.09 Å². The van der Waals surface area contributed by atoms with E-state index in [9.17, 15) is 4.79 Å². The van der Waals surface area contributed by atoms with Crippen LogP contribution in [0.3, 0.4) is 0 Å². The Labute approximate surface area is 86.2 Å². The van der Waals surface area contributed by atoms with Gasteiger partial charge in [0.1, 0.15) is 0 Å². The second kappa shape index (κ2) is 6.12. The molecular formula is C8H12INO2. The van der Waals surface area contributed by atoms with E-state index in [0.29, 0.717) is 17.0 Å². The number of halogens is 1. The van der Waals surface area contributed by atoms with Gasteiger partial charge in [-0.05, 0) is 0 Å². The molecule has 0 aliphatic rings. The Kier molecular flexibility index (Phi) is 5.89. The van der Waals surface area contributed by atoms with E-state index in [4.69, 9.17) is 12.2 Å². The van der Waals surface area contributed by atoms with Crippen molar-refractivity contribution in [2.45, 2.75) is 17.3 Å². The number of amides is 1. The fourth-order valence-electron chi connectivity index (χ4n) is 0.694. The predicted octanol–water partition coefficient (Wildman–Crippen LogP) is 1.54. The van der Waals surface area contributed by atoms with Gasteiger partial charge in [0.2, 0.25) is 0 Å². The molecule has 68 valence electrons. The summed E-state index contributed by atoms with van der Waals surface area (Å²) < 4.78 is 5.03. The van der Waals surface area contributed by atoms with E-state index in [1.54, 1.807) is 0 Å². The van der Waals surface area contributed by atoms with Crippen LogP contribution in [0.5, 0.6) is 0 Å². The summed E-state index contributed by atoms with van der Waals surface area (Å²) in [5, 5.41) is 0. The van der Waals surface area contributed by atoms with Crippen LogP contribution in [0, 0.1) is 18.3 Å². The normalized spacial score (nSPS) is 14.4. The summed E-state index contributed by atoms with van der Waals surface area (Å²) in [6.45, 7) is 2.33. The fourth-order valence-corrected chi connectivity index (χ4v) is 1.16. The SMILES string of the molecule is C#CCC(COC(N)=O)C(C)I. The number of rotatable bonds is 4. The number of terminal acetylenes is 1. The van der Waals surface area contributed by atoms with Crippen LogP contribution in [-0.2, 0) is 4.74 Å². The van der Waals surface area contributed by atoms with Crippen molar-refractivity contribution in [3.05, 3.63) is 0 Å². The van der Waals surface area contributed by atoms with E-state index in [0.717, 1.165) is 0 Å². The number of carbonyl (C=O) groups is 1. The highest BCUT2D eigenvalue weighted by Crippen LogP contribution is 2.16. The van der Waals surface area contributed by atoms with Gasteiger partial charge < -0.3 is 10.5 Å². The summed E-state index contributed by atoms with van der Waals surface area (Å²) in [7, 11) is 0. The maximum Gasteiger partial charge on any atom is 0.404 e. The molecule has 4 heteroatoms. The van der Waals surface area contributed by atoms with Gasteiger partial charge in [0.15, 0.2) is 0 Å². The zero-order valence-electron chi connectivity index (χ0n) is 6.92. The van der Waals surface area contributed by atoms with Crippen molar-refractivity contribution in [3.63, 3.8) is 0 Å². The average molecular weight is 281 g/mol. The maximum absolute atomic E-state index is 10.3. The minimum Gasteiger partial charge on any atom is -0.449 e. The molecule has 3 nitrogen and oxygen atoms in total. The summed E-state index contributed by atoms with van der Waals surface area (Å²) in [6.07, 6.45) is 5.02. The molecule has 0 heterocycles. The van der Waals surface area contributed by atoms with Gasteiger partial charge in [0.25, 0.3) is 0 Å². The second-order valence-corrected chi connectivity index (χ2v) is 4.44. The van der Waals surface area contributed by atoms with Gasteiger partial charge in [-0.15, -0.1) is 12.3 Å². The van der Waals surface area contributed by atoms with Crippen LogP contribution in [0.15, 0.2) is 0 Å². The number of nitrogens with two attached hydrogens (primary N) is 1. The molecule has 12 heavy (non-hydrogen) atoms. The van der Waals surface area contributed by atoms with E-state index in [1.807, 2.05) is 6.92 Å². The molecule has 0 saturated heterocycles. The molecule has 0 rings (SSSR count). The Bertz CT molecular complexity index is 186. The number of hydrogen-bond donors (Lipinski definition) is 1. The maximum atomic E-state index is 10.3. The van der Waals surface area contributed by atoms with Crippen LogP contribution in [-0.4, -0.2) is 16.6 Å². The molecule has 2 N–H and O–H groups in total. The standard InChI is InChI=1S/C8H12INO2/c1-3-4-7(6(2)9)5-12-8(10)11/h1,6-7H,4-5H2,2H3,(H2,10,11). The van der Waals surface area contributed by atoms with Crippen LogP contribution in [0.25, 0.3) is 0 Å². The molecular weight excluding hydrogens is 269 g/mol. The molecule has 0 aliphatic carbocycles. The zero-order chi connectivity index (χ0) is 9.56. The van der Waals surface area contributed by atoms with Crippen molar-refractivity contribution >= 4 is 28.7 Å². The molecule has 0 aromatic rings. The molecule has 1 amide bonds. The van der Waals surface area contributed by atoms with Crippen LogP contribution < -0.4 is 5.73 Å². The first-order valence-electron chi connectivity index (χ1n) is 3.57. The third-order valence-electron chi connectivity index (χ3n) is 1.47. The third-order valence-corrected chi connectivity index (χ3v) is 2.49. The minimum absolute atomic E-state index is 0.197. The first kappa shape index (κ1) is 11.6. The van der Waals surface area contributed by atoms with Crippen molar-refractivity contribution in [3.8, 4) is 12.3 Å². The quantitative estimate of drug-likeness (QED) is 0.483. The Morgan fingerprint density at radius 2 is 2.42 bits per heavy atom. The molecule has 0 saturated carbocycles.